The molecule has 37 heavy (non-hydrogen) atoms. The van der Waals surface area contributed by atoms with E-state index >= 15 is 0 Å². The first-order chi connectivity index (χ1) is 18.1. The topological polar surface area (TPSA) is 26.3 Å². The molecular weight excluding hydrogens is 472 g/mol. The molecule has 0 aliphatic heterocycles. The smallest absolute Gasteiger partial charge is 0.146 e. The van der Waals surface area contributed by atoms with Crippen LogP contribution in [0.4, 0.5) is 0 Å². The quantitative estimate of drug-likeness (QED) is 0.254. The number of benzene rings is 3. The first-order valence-corrected chi connectivity index (χ1v) is 14.4. The summed E-state index contributed by atoms with van der Waals surface area (Å²) in [5, 5.41) is 1.29. The van der Waals surface area contributed by atoms with Crippen molar-refractivity contribution in [2.45, 2.75) is 51.6 Å². The molecule has 0 N–H and O–H groups in total. The fourth-order valence-electron chi connectivity index (χ4n) is 7.75. The Morgan fingerprint density at radius 2 is 1.84 bits per heavy atom. The highest BCUT2D eigenvalue weighted by molar-refractivity contribution is 7.20. The van der Waals surface area contributed by atoms with Crippen molar-refractivity contribution in [1.82, 2.24) is 0 Å². The van der Waals surface area contributed by atoms with Gasteiger partial charge in [0.15, 0.2) is 0 Å². The van der Waals surface area contributed by atoms with Gasteiger partial charge in [-0.2, -0.15) is 0 Å². The molecule has 3 aromatic carbocycles. The minimum Gasteiger partial charge on any atom is -0.489 e. The second-order valence-electron chi connectivity index (χ2n) is 11.4. The molecule has 3 unspecified atom stereocenters. The third-order valence-corrected chi connectivity index (χ3v) is 10.6. The summed E-state index contributed by atoms with van der Waals surface area (Å²) in [7, 11) is 0. The zero-order valence-corrected chi connectivity index (χ0v) is 22.1. The van der Waals surface area contributed by atoms with E-state index in [1.807, 2.05) is 17.4 Å². The van der Waals surface area contributed by atoms with E-state index < -0.39 is 0 Å². The largest absolute Gasteiger partial charge is 0.489 e. The summed E-state index contributed by atoms with van der Waals surface area (Å²) in [6.45, 7) is 3.06. The lowest BCUT2D eigenvalue weighted by Crippen LogP contribution is -2.40. The van der Waals surface area contributed by atoms with Crippen LogP contribution in [-0.4, -0.2) is 6.29 Å². The molecule has 0 amide bonds. The number of aldehydes is 1. The number of aryl methyl sites for hydroxylation is 1. The fraction of sp³-hybridized carbons (Fsp3) is 0.324. The van der Waals surface area contributed by atoms with Crippen LogP contribution in [-0.2, 0) is 17.8 Å². The molecule has 3 heteroatoms. The molecular formula is C34H32O2S. The van der Waals surface area contributed by atoms with Crippen molar-refractivity contribution < 1.29 is 9.53 Å². The Morgan fingerprint density at radius 3 is 2.68 bits per heavy atom. The van der Waals surface area contributed by atoms with E-state index in [4.69, 9.17) is 4.74 Å². The summed E-state index contributed by atoms with van der Waals surface area (Å²) < 4.78 is 7.46. The van der Waals surface area contributed by atoms with Crippen LogP contribution < -0.4 is 4.74 Å². The van der Waals surface area contributed by atoms with Gasteiger partial charge in [-0.05, 0) is 113 Å². The molecule has 0 spiro atoms. The summed E-state index contributed by atoms with van der Waals surface area (Å²) >= 11 is 1.86. The van der Waals surface area contributed by atoms with Crippen LogP contribution in [0.2, 0.25) is 0 Å². The van der Waals surface area contributed by atoms with Crippen LogP contribution in [0.15, 0.2) is 84.4 Å². The summed E-state index contributed by atoms with van der Waals surface area (Å²) in [6.07, 6.45) is 6.73. The van der Waals surface area contributed by atoms with Crippen LogP contribution >= 0.6 is 11.3 Å². The Kier molecular flexibility index (Phi) is 5.58. The van der Waals surface area contributed by atoms with Gasteiger partial charge in [0.05, 0.1) is 0 Å². The molecule has 2 nitrogen and oxygen atoms in total. The van der Waals surface area contributed by atoms with Gasteiger partial charge in [0.25, 0.3) is 0 Å². The van der Waals surface area contributed by atoms with Crippen LogP contribution in [0.3, 0.4) is 0 Å². The monoisotopic (exact) mass is 504 g/mol. The van der Waals surface area contributed by atoms with Crippen molar-refractivity contribution in [2.75, 3.05) is 0 Å². The Balaban J connectivity index is 1.16. The van der Waals surface area contributed by atoms with Crippen LogP contribution in [0, 0.1) is 17.3 Å². The highest BCUT2D eigenvalue weighted by Gasteiger charge is 2.54. The number of allylic oxidation sites excluding steroid dienone is 2. The molecule has 4 atom stereocenters. The van der Waals surface area contributed by atoms with Gasteiger partial charge in [0, 0.05) is 9.58 Å². The average Bonchev–Trinajstić information content (AvgIpc) is 3.49. The van der Waals surface area contributed by atoms with Gasteiger partial charge in [0.1, 0.15) is 18.6 Å². The molecule has 0 saturated heterocycles. The third kappa shape index (κ3) is 3.78. The van der Waals surface area contributed by atoms with Gasteiger partial charge in [0.2, 0.25) is 0 Å². The standard InChI is InChI=1S/C34H32O2S/c1-34-16-15-28-27-14-12-26(36-21-22-7-3-2-4-8-22)17-23(27)11-13-29(28)30(34)18-25(20-35)33(34)32-19-24-9-5-6-10-31(24)37-32/h2-10,12,14,17,19-20,28-30H,11,13,15-16,18,21H2,1H3/t28?,29?,30?,34-/m0/s1. The lowest BCUT2D eigenvalue weighted by molar-refractivity contribution is -0.105. The minimum atomic E-state index is 0.0779. The lowest BCUT2D eigenvalue weighted by Gasteiger charge is -2.50. The summed E-state index contributed by atoms with van der Waals surface area (Å²) in [5.41, 5.74) is 6.66. The first-order valence-electron chi connectivity index (χ1n) is 13.6. The zero-order valence-electron chi connectivity index (χ0n) is 21.3. The molecule has 3 aliphatic carbocycles. The molecule has 0 radical (unpaired) electrons. The van der Waals surface area contributed by atoms with E-state index in [1.165, 1.54) is 56.4 Å². The Labute approximate surface area is 223 Å². The van der Waals surface area contributed by atoms with E-state index in [1.54, 1.807) is 0 Å². The van der Waals surface area contributed by atoms with Gasteiger partial charge in [-0.1, -0.05) is 61.5 Å². The van der Waals surface area contributed by atoms with Gasteiger partial charge >= 0.3 is 0 Å². The molecule has 4 aromatic rings. The fourth-order valence-corrected chi connectivity index (χ4v) is 9.03. The maximum Gasteiger partial charge on any atom is 0.146 e. The van der Waals surface area contributed by atoms with Crippen molar-refractivity contribution in [3.63, 3.8) is 0 Å². The number of carbonyl (C=O) groups excluding carboxylic acids is 1. The number of ether oxygens (including phenoxy) is 1. The molecule has 1 aromatic heterocycles. The van der Waals surface area contributed by atoms with E-state index in [-0.39, 0.29) is 5.41 Å². The lowest BCUT2D eigenvalue weighted by atomic mass is 9.54. The van der Waals surface area contributed by atoms with Crippen molar-refractivity contribution in [3.8, 4) is 5.75 Å². The van der Waals surface area contributed by atoms with Crippen LogP contribution in [0.25, 0.3) is 15.7 Å². The van der Waals surface area contributed by atoms with E-state index in [0.717, 1.165) is 30.6 Å². The average molecular weight is 505 g/mol. The SMILES string of the molecule is C[C@]12CCC3c4ccc(OCc5ccccc5)cc4CCC3C1CC(C=O)=C2c1cc2ccccc2s1. The van der Waals surface area contributed by atoms with Crippen LogP contribution in [0.1, 0.15) is 60.1 Å². The Bertz CT molecular complexity index is 1480. The Morgan fingerprint density at radius 1 is 1.00 bits per heavy atom. The minimum absolute atomic E-state index is 0.0779. The number of thiophene rings is 1. The predicted molar refractivity (Wildman–Crippen MR) is 152 cm³/mol. The number of fused-ring (bicyclic) bond motifs is 6. The normalized spacial score (nSPS) is 26.5. The second kappa shape index (κ2) is 8.99. The van der Waals surface area contributed by atoms with E-state index in [0.29, 0.717) is 24.4 Å². The van der Waals surface area contributed by atoms with E-state index in [9.17, 15) is 4.79 Å². The van der Waals surface area contributed by atoms with Gasteiger partial charge < -0.3 is 4.74 Å². The maximum atomic E-state index is 12.4. The van der Waals surface area contributed by atoms with Crippen molar-refractivity contribution in [2.24, 2.45) is 17.3 Å². The highest BCUT2D eigenvalue weighted by atomic mass is 32.1. The van der Waals surface area contributed by atoms with Crippen molar-refractivity contribution >= 4 is 33.3 Å². The number of hydrogen-bond donors (Lipinski definition) is 0. The van der Waals surface area contributed by atoms with E-state index in [2.05, 4.69) is 79.7 Å². The van der Waals surface area contributed by atoms with Gasteiger partial charge in [-0.3, -0.25) is 4.79 Å². The molecule has 7 rings (SSSR count). The third-order valence-electron chi connectivity index (χ3n) is 9.48. The molecule has 3 aliphatic rings. The predicted octanol–water partition coefficient (Wildman–Crippen LogP) is 8.60. The Hall–Kier alpha value is -3.17. The van der Waals surface area contributed by atoms with Crippen molar-refractivity contribution in [3.05, 3.63) is 106 Å². The molecule has 186 valence electrons. The van der Waals surface area contributed by atoms with Gasteiger partial charge in [-0.25, -0.2) is 0 Å². The molecule has 1 saturated carbocycles. The summed E-state index contributed by atoms with van der Waals surface area (Å²) in [4.78, 5) is 13.7. The second-order valence-corrected chi connectivity index (χ2v) is 12.5. The summed E-state index contributed by atoms with van der Waals surface area (Å²) in [5.74, 6) is 2.72. The van der Waals surface area contributed by atoms with Crippen molar-refractivity contribution in [1.29, 1.82) is 0 Å². The highest BCUT2D eigenvalue weighted by Crippen LogP contribution is 2.65. The number of carbonyl (C=O) groups is 1. The first kappa shape index (κ1) is 23.0. The molecule has 0 bridgehead atoms. The summed E-state index contributed by atoms with van der Waals surface area (Å²) in [6, 6.07) is 28.1. The van der Waals surface area contributed by atoms with Crippen LogP contribution in [0.5, 0.6) is 5.75 Å². The van der Waals surface area contributed by atoms with Gasteiger partial charge in [-0.15, -0.1) is 11.3 Å². The zero-order chi connectivity index (χ0) is 25.0. The molecule has 1 fully saturated rings. The number of hydrogen-bond acceptors (Lipinski definition) is 3. The molecule has 1 heterocycles. The number of rotatable bonds is 5. The maximum absolute atomic E-state index is 12.4.